The highest BCUT2D eigenvalue weighted by atomic mass is 32.1. The van der Waals surface area contributed by atoms with Crippen LogP contribution < -0.4 is 5.32 Å². The normalized spacial score (nSPS) is 11.8. The van der Waals surface area contributed by atoms with Gasteiger partial charge in [0.15, 0.2) is 0 Å². The number of aromatic nitrogens is 4. The number of imidazole rings is 1. The Morgan fingerprint density at radius 2 is 2.37 bits per heavy atom. The number of hydrogen-bond acceptors (Lipinski definition) is 7. The van der Waals surface area contributed by atoms with Gasteiger partial charge in [-0.15, -0.1) is 5.10 Å². The monoisotopic (exact) mass is 281 g/mol. The molecule has 1 atom stereocenters. The molecule has 9 heteroatoms. The fraction of sp³-hybridized carbons (Fsp3) is 0.300. The molecule has 19 heavy (non-hydrogen) atoms. The van der Waals surface area contributed by atoms with Crippen molar-refractivity contribution in [3.8, 4) is 0 Å². The summed E-state index contributed by atoms with van der Waals surface area (Å²) >= 11 is 0.955. The van der Waals surface area contributed by atoms with Gasteiger partial charge in [0.2, 0.25) is 0 Å². The number of rotatable bonds is 5. The average Bonchev–Trinajstić information content (AvgIpc) is 3.09. The molecule has 0 fully saturated rings. The molecular weight excluding hydrogens is 270 g/mol. The van der Waals surface area contributed by atoms with E-state index in [1.165, 1.54) is 19.6 Å². The zero-order valence-electron chi connectivity index (χ0n) is 9.99. The minimum absolute atomic E-state index is 0.268. The fourth-order valence-electron chi connectivity index (χ4n) is 1.45. The molecule has 0 unspecified atom stereocenters. The van der Waals surface area contributed by atoms with E-state index < -0.39 is 17.9 Å². The summed E-state index contributed by atoms with van der Waals surface area (Å²) in [4.78, 5) is 30.5. The third kappa shape index (κ3) is 3.35. The highest BCUT2D eigenvalue weighted by Gasteiger charge is 2.23. The van der Waals surface area contributed by atoms with Gasteiger partial charge in [-0.1, -0.05) is 4.49 Å². The first-order chi connectivity index (χ1) is 9.20. The van der Waals surface area contributed by atoms with Crippen molar-refractivity contribution in [2.24, 2.45) is 0 Å². The van der Waals surface area contributed by atoms with Crippen LogP contribution in [0.25, 0.3) is 0 Å². The van der Waals surface area contributed by atoms with Crippen LogP contribution in [0.15, 0.2) is 18.7 Å². The Morgan fingerprint density at radius 1 is 1.53 bits per heavy atom. The predicted octanol–water partition coefficient (Wildman–Crippen LogP) is -0.225. The van der Waals surface area contributed by atoms with Crippen LogP contribution in [0.3, 0.4) is 0 Å². The number of esters is 1. The molecule has 0 spiro atoms. The molecule has 1 amide bonds. The van der Waals surface area contributed by atoms with E-state index in [1.54, 1.807) is 6.20 Å². The van der Waals surface area contributed by atoms with Crippen LogP contribution in [0.2, 0.25) is 0 Å². The highest BCUT2D eigenvalue weighted by Crippen LogP contribution is 2.05. The van der Waals surface area contributed by atoms with Crippen molar-refractivity contribution in [1.29, 1.82) is 0 Å². The van der Waals surface area contributed by atoms with Crippen LogP contribution >= 0.6 is 11.5 Å². The zero-order chi connectivity index (χ0) is 13.7. The molecule has 0 saturated heterocycles. The fourth-order valence-corrected chi connectivity index (χ4v) is 1.87. The molecule has 0 aliphatic heterocycles. The summed E-state index contributed by atoms with van der Waals surface area (Å²) < 4.78 is 8.25. The third-order valence-electron chi connectivity index (χ3n) is 2.36. The second-order valence-electron chi connectivity index (χ2n) is 3.61. The molecule has 0 radical (unpaired) electrons. The first kappa shape index (κ1) is 13.1. The van der Waals surface area contributed by atoms with Crippen molar-refractivity contribution in [3.63, 3.8) is 0 Å². The zero-order valence-corrected chi connectivity index (χ0v) is 10.8. The Balaban J connectivity index is 2.06. The highest BCUT2D eigenvalue weighted by molar-refractivity contribution is 7.07. The Labute approximate surface area is 112 Å². The average molecular weight is 281 g/mol. The molecule has 2 aromatic heterocycles. The van der Waals surface area contributed by atoms with Crippen molar-refractivity contribution in [2.75, 3.05) is 7.11 Å². The van der Waals surface area contributed by atoms with Gasteiger partial charge in [-0.25, -0.2) is 9.78 Å². The van der Waals surface area contributed by atoms with Gasteiger partial charge in [-0.2, -0.15) is 0 Å². The van der Waals surface area contributed by atoms with Crippen LogP contribution in [0, 0.1) is 0 Å². The molecule has 0 aliphatic carbocycles. The maximum Gasteiger partial charge on any atom is 0.328 e. The maximum atomic E-state index is 11.9. The van der Waals surface area contributed by atoms with Gasteiger partial charge in [-0.05, 0) is 11.5 Å². The Morgan fingerprint density at radius 3 is 2.95 bits per heavy atom. The second-order valence-corrected chi connectivity index (χ2v) is 4.40. The van der Waals surface area contributed by atoms with Crippen LogP contribution in [0.4, 0.5) is 0 Å². The molecule has 2 rings (SSSR count). The van der Waals surface area contributed by atoms with Crippen molar-refractivity contribution < 1.29 is 14.3 Å². The Bertz CT molecular complexity index is 540. The number of nitrogens with zero attached hydrogens (tertiary/aromatic N) is 3. The molecule has 0 bridgehead atoms. The Kier molecular flexibility index (Phi) is 4.18. The van der Waals surface area contributed by atoms with Gasteiger partial charge in [0.05, 0.1) is 19.6 Å². The summed E-state index contributed by atoms with van der Waals surface area (Å²) in [5, 5.41) is 6.14. The van der Waals surface area contributed by atoms with Gasteiger partial charge in [-0.3, -0.25) is 4.79 Å². The molecular formula is C10H11N5O3S. The van der Waals surface area contributed by atoms with Crippen LogP contribution in [-0.4, -0.2) is 44.6 Å². The lowest BCUT2D eigenvalue weighted by atomic mass is 10.1. The SMILES string of the molecule is COC(=O)[C@H](Cc1cnc[nH]1)NC(=O)c1cnns1. The number of amides is 1. The number of ether oxygens (including phenoxy) is 1. The standard InChI is InChI=1S/C10H11N5O3S/c1-18-10(17)7(2-6-3-11-5-12-6)14-9(16)8-4-13-15-19-8/h3-5,7H,2H2,1H3,(H,11,12)(H,14,16)/t7-/m0/s1. The number of methoxy groups -OCH3 is 1. The minimum Gasteiger partial charge on any atom is -0.467 e. The van der Waals surface area contributed by atoms with E-state index in [-0.39, 0.29) is 6.42 Å². The Hall–Kier alpha value is -2.29. The molecule has 0 aromatic carbocycles. The molecule has 0 aliphatic rings. The molecule has 2 N–H and O–H groups in total. The van der Waals surface area contributed by atoms with Crippen molar-refractivity contribution >= 4 is 23.4 Å². The van der Waals surface area contributed by atoms with Crippen LogP contribution in [0.5, 0.6) is 0 Å². The number of aromatic amines is 1. The summed E-state index contributed by atoms with van der Waals surface area (Å²) in [5.41, 5.74) is 0.720. The van der Waals surface area contributed by atoms with Gasteiger partial charge in [0.25, 0.3) is 5.91 Å². The van der Waals surface area contributed by atoms with Crippen LogP contribution in [0.1, 0.15) is 15.4 Å². The van der Waals surface area contributed by atoms with E-state index in [0.717, 1.165) is 17.2 Å². The summed E-state index contributed by atoms with van der Waals surface area (Å²) in [7, 11) is 1.27. The number of carbonyl (C=O) groups is 2. The van der Waals surface area contributed by atoms with E-state index >= 15 is 0 Å². The smallest absolute Gasteiger partial charge is 0.328 e. The van der Waals surface area contributed by atoms with Crippen molar-refractivity contribution in [3.05, 3.63) is 29.3 Å². The first-order valence-corrected chi connectivity index (χ1v) is 6.11. The van der Waals surface area contributed by atoms with E-state index in [4.69, 9.17) is 0 Å². The molecule has 2 heterocycles. The van der Waals surface area contributed by atoms with E-state index in [0.29, 0.717) is 4.88 Å². The van der Waals surface area contributed by atoms with Gasteiger partial charge >= 0.3 is 5.97 Å². The quantitative estimate of drug-likeness (QED) is 0.733. The number of carbonyl (C=O) groups excluding carboxylic acids is 2. The third-order valence-corrected chi connectivity index (χ3v) is 3.02. The summed E-state index contributed by atoms with van der Waals surface area (Å²) in [6, 6.07) is -0.792. The van der Waals surface area contributed by atoms with Gasteiger partial charge in [0, 0.05) is 18.3 Å². The van der Waals surface area contributed by atoms with Crippen LogP contribution in [-0.2, 0) is 16.0 Å². The van der Waals surface area contributed by atoms with Crippen molar-refractivity contribution in [1.82, 2.24) is 24.9 Å². The largest absolute Gasteiger partial charge is 0.467 e. The molecule has 0 saturated carbocycles. The molecule has 100 valence electrons. The number of H-pyrrole nitrogens is 1. The van der Waals surface area contributed by atoms with E-state index in [9.17, 15) is 9.59 Å². The first-order valence-electron chi connectivity index (χ1n) is 5.34. The summed E-state index contributed by atoms with van der Waals surface area (Å²) in [6.07, 6.45) is 4.68. The van der Waals surface area contributed by atoms with Gasteiger partial charge in [0.1, 0.15) is 10.9 Å². The second kappa shape index (κ2) is 6.05. The molecule has 2 aromatic rings. The molecule has 8 nitrogen and oxygen atoms in total. The lowest BCUT2D eigenvalue weighted by molar-refractivity contribution is -0.142. The topological polar surface area (TPSA) is 110 Å². The van der Waals surface area contributed by atoms with Crippen molar-refractivity contribution in [2.45, 2.75) is 12.5 Å². The minimum atomic E-state index is -0.792. The maximum absolute atomic E-state index is 11.9. The van der Waals surface area contributed by atoms with E-state index in [2.05, 4.69) is 29.6 Å². The number of nitrogens with one attached hydrogen (secondary N) is 2. The summed E-state index contributed by atoms with van der Waals surface area (Å²) in [5.74, 6) is -0.940. The lowest BCUT2D eigenvalue weighted by Gasteiger charge is -2.14. The summed E-state index contributed by atoms with van der Waals surface area (Å²) in [6.45, 7) is 0. The van der Waals surface area contributed by atoms with Gasteiger partial charge < -0.3 is 15.0 Å². The van der Waals surface area contributed by atoms with E-state index in [1.807, 2.05) is 0 Å². The predicted molar refractivity (Wildman–Crippen MR) is 65.5 cm³/mol. The lowest BCUT2D eigenvalue weighted by Crippen LogP contribution is -2.42. The number of hydrogen-bond donors (Lipinski definition) is 2.